The molecule has 2 bridgehead atoms. The number of aryl methyl sites for hydroxylation is 1. The summed E-state index contributed by atoms with van der Waals surface area (Å²) in [5.41, 5.74) is 5.56. The molecule has 1 saturated heterocycles. The van der Waals surface area contributed by atoms with Gasteiger partial charge in [0, 0.05) is 30.0 Å². The lowest BCUT2D eigenvalue weighted by molar-refractivity contribution is -0.173. The molecule has 1 aromatic heterocycles. The van der Waals surface area contributed by atoms with Crippen molar-refractivity contribution in [2.45, 2.75) is 62.2 Å². The first-order chi connectivity index (χ1) is 16.5. The van der Waals surface area contributed by atoms with Crippen molar-refractivity contribution in [3.05, 3.63) is 64.3 Å². The Kier molecular flexibility index (Phi) is 3.65. The van der Waals surface area contributed by atoms with Gasteiger partial charge in [-0.15, -0.1) is 0 Å². The summed E-state index contributed by atoms with van der Waals surface area (Å²) in [7, 11) is 1.71. The Morgan fingerprint density at radius 3 is 2.88 bits per heavy atom. The van der Waals surface area contributed by atoms with E-state index in [4.69, 9.17) is 14.5 Å². The SMILES string of the molecule is COc1ccc2c3c1OC1c4nc5ccccc5c(C)c4CC4(O)[C@@H](C2)N(CC2CC2)CC[C@]314. The zero-order valence-electron chi connectivity index (χ0n) is 19.8. The fourth-order valence-electron chi connectivity index (χ4n) is 7.95. The standard InChI is InChI=1S/C29H30N2O3/c1-16-19-5-3-4-6-21(19)30-25-20(16)14-29(32)23-13-18-9-10-22(33-2)26-24(18)28(29,27(25)34-26)11-12-31(23)15-17-7-8-17/h3-6,9-10,17,23,27,32H,7-8,11-15H2,1-2H3/t23-,27?,28+,29?/m1/s1. The molecular weight excluding hydrogens is 424 g/mol. The third kappa shape index (κ3) is 2.17. The molecule has 5 heteroatoms. The topological polar surface area (TPSA) is 54.8 Å². The second-order valence-electron chi connectivity index (χ2n) is 11.2. The smallest absolute Gasteiger partial charge is 0.166 e. The van der Waals surface area contributed by atoms with E-state index in [1.807, 2.05) is 6.07 Å². The molecule has 5 aliphatic rings. The number of ether oxygens (including phenoxy) is 2. The van der Waals surface area contributed by atoms with Gasteiger partial charge in [-0.2, -0.15) is 0 Å². The van der Waals surface area contributed by atoms with Crippen molar-refractivity contribution in [1.29, 1.82) is 0 Å². The monoisotopic (exact) mass is 454 g/mol. The molecule has 2 aliphatic heterocycles. The van der Waals surface area contributed by atoms with Crippen molar-refractivity contribution in [2.75, 3.05) is 20.2 Å². The lowest BCUT2D eigenvalue weighted by Gasteiger charge is -2.63. The maximum atomic E-state index is 12.9. The van der Waals surface area contributed by atoms with E-state index in [0.29, 0.717) is 6.42 Å². The summed E-state index contributed by atoms with van der Waals surface area (Å²) in [6.45, 7) is 4.30. The van der Waals surface area contributed by atoms with E-state index in [1.165, 1.54) is 40.5 Å². The van der Waals surface area contributed by atoms with Gasteiger partial charge in [0.15, 0.2) is 17.6 Å². The van der Waals surface area contributed by atoms with Gasteiger partial charge in [0.2, 0.25) is 0 Å². The van der Waals surface area contributed by atoms with Gasteiger partial charge >= 0.3 is 0 Å². The number of para-hydroxylation sites is 1. The van der Waals surface area contributed by atoms with Crippen molar-refractivity contribution in [3.63, 3.8) is 0 Å². The molecule has 3 heterocycles. The van der Waals surface area contributed by atoms with Gasteiger partial charge in [-0.25, -0.2) is 4.98 Å². The highest BCUT2D eigenvalue weighted by Gasteiger charge is 2.73. The van der Waals surface area contributed by atoms with Crippen molar-refractivity contribution in [1.82, 2.24) is 9.88 Å². The first-order valence-corrected chi connectivity index (χ1v) is 12.8. The van der Waals surface area contributed by atoms with Crippen LogP contribution < -0.4 is 9.47 Å². The number of pyridine rings is 1. The predicted molar refractivity (Wildman–Crippen MR) is 130 cm³/mol. The van der Waals surface area contributed by atoms with Crippen LogP contribution in [0, 0.1) is 12.8 Å². The Morgan fingerprint density at radius 1 is 1.21 bits per heavy atom. The van der Waals surface area contributed by atoms with Crippen molar-refractivity contribution in [2.24, 2.45) is 5.92 Å². The van der Waals surface area contributed by atoms with Gasteiger partial charge in [0.05, 0.1) is 29.3 Å². The first-order valence-electron chi connectivity index (χ1n) is 12.8. The van der Waals surface area contributed by atoms with E-state index in [1.54, 1.807) is 7.11 Å². The van der Waals surface area contributed by atoms with Crippen molar-refractivity contribution < 1.29 is 14.6 Å². The number of benzene rings is 2. The fraction of sp³-hybridized carbons (Fsp3) is 0.483. The minimum Gasteiger partial charge on any atom is -0.493 e. The van der Waals surface area contributed by atoms with Crippen LogP contribution in [0.4, 0.5) is 0 Å². The Labute approximate surface area is 199 Å². The Balaban J connectivity index is 1.42. The van der Waals surface area contributed by atoms with Crippen molar-refractivity contribution in [3.8, 4) is 11.5 Å². The number of piperidine rings is 1. The number of nitrogens with zero attached hydrogens (tertiary/aromatic N) is 2. The van der Waals surface area contributed by atoms with Gasteiger partial charge in [0.25, 0.3) is 0 Å². The molecule has 4 atom stereocenters. The number of likely N-dealkylation sites (tertiary alicyclic amines) is 1. The number of hydrogen-bond acceptors (Lipinski definition) is 5. The summed E-state index contributed by atoms with van der Waals surface area (Å²) in [5.74, 6) is 2.39. The van der Waals surface area contributed by atoms with E-state index < -0.39 is 11.0 Å². The normalized spacial score (nSPS) is 32.8. The maximum absolute atomic E-state index is 12.9. The van der Waals surface area contributed by atoms with Crippen molar-refractivity contribution >= 4 is 10.9 Å². The minimum absolute atomic E-state index is 0.0961. The largest absolute Gasteiger partial charge is 0.493 e. The number of methoxy groups -OCH3 is 1. The molecular formula is C29H30N2O3. The van der Waals surface area contributed by atoms with E-state index in [-0.39, 0.29) is 12.1 Å². The third-order valence-corrected chi connectivity index (χ3v) is 9.72. The minimum atomic E-state index is -0.892. The molecule has 3 aliphatic carbocycles. The lowest BCUT2D eigenvalue weighted by atomic mass is 9.48. The van der Waals surface area contributed by atoms with Crippen LogP contribution in [0.25, 0.3) is 10.9 Å². The highest BCUT2D eigenvalue weighted by molar-refractivity contribution is 5.84. The van der Waals surface area contributed by atoms with Gasteiger partial charge in [0.1, 0.15) is 0 Å². The quantitative estimate of drug-likeness (QED) is 0.641. The van der Waals surface area contributed by atoms with Crippen LogP contribution >= 0.6 is 0 Å². The van der Waals surface area contributed by atoms with E-state index in [0.717, 1.165) is 54.6 Å². The molecule has 1 saturated carbocycles. The molecule has 1 N–H and O–H groups in total. The van der Waals surface area contributed by atoms with Crippen LogP contribution in [0.5, 0.6) is 11.5 Å². The van der Waals surface area contributed by atoms with Gasteiger partial charge in [-0.3, -0.25) is 4.90 Å². The zero-order chi connectivity index (χ0) is 22.8. The second kappa shape index (κ2) is 6.32. The summed E-state index contributed by atoms with van der Waals surface area (Å²) in [6.07, 6.45) is 4.75. The molecule has 34 heavy (non-hydrogen) atoms. The predicted octanol–water partition coefficient (Wildman–Crippen LogP) is 4.25. The van der Waals surface area contributed by atoms with Gasteiger partial charge < -0.3 is 14.6 Å². The molecule has 0 radical (unpaired) electrons. The molecule has 3 aromatic rings. The van der Waals surface area contributed by atoms with Crippen LogP contribution in [0.2, 0.25) is 0 Å². The van der Waals surface area contributed by atoms with Crippen LogP contribution in [0.1, 0.15) is 53.3 Å². The molecule has 5 nitrogen and oxygen atoms in total. The molecule has 2 unspecified atom stereocenters. The average Bonchev–Trinajstić information content (AvgIpc) is 3.59. The van der Waals surface area contributed by atoms with Gasteiger partial charge in [-0.05, 0) is 73.9 Å². The molecule has 0 amide bonds. The zero-order valence-corrected chi connectivity index (χ0v) is 19.8. The molecule has 1 spiro atoms. The van der Waals surface area contributed by atoms with E-state index in [9.17, 15) is 5.11 Å². The molecule has 2 fully saturated rings. The van der Waals surface area contributed by atoms with Crippen LogP contribution in [-0.2, 0) is 18.3 Å². The highest BCUT2D eigenvalue weighted by Crippen LogP contribution is 2.68. The lowest BCUT2D eigenvalue weighted by Crippen LogP contribution is -2.74. The summed E-state index contributed by atoms with van der Waals surface area (Å²) in [4.78, 5) is 7.82. The molecule has 8 rings (SSSR count). The Hall–Kier alpha value is -2.63. The van der Waals surface area contributed by atoms with Crippen LogP contribution in [0.15, 0.2) is 36.4 Å². The second-order valence-corrected chi connectivity index (χ2v) is 11.2. The number of fused-ring (bicyclic) bond motifs is 3. The highest BCUT2D eigenvalue weighted by atomic mass is 16.5. The van der Waals surface area contributed by atoms with Gasteiger partial charge in [-0.1, -0.05) is 24.3 Å². The average molecular weight is 455 g/mol. The van der Waals surface area contributed by atoms with E-state index >= 15 is 0 Å². The van der Waals surface area contributed by atoms with E-state index in [2.05, 4.69) is 42.2 Å². The fourth-order valence-corrected chi connectivity index (χ4v) is 7.95. The number of rotatable bonds is 3. The number of aliphatic hydroxyl groups is 1. The Bertz CT molecular complexity index is 1380. The summed E-state index contributed by atoms with van der Waals surface area (Å²) >= 11 is 0. The maximum Gasteiger partial charge on any atom is 0.166 e. The first kappa shape index (κ1) is 19.7. The Morgan fingerprint density at radius 2 is 2.06 bits per heavy atom. The summed E-state index contributed by atoms with van der Waals surface area (Å²) < 4.78 is 12.6. The van der Waals surface area contributed by atoms with Crippen LogP contribution in [-0.4, -0.2) is 46.8 Å². The third-order valence-electron chi connectivity index (χ3n) is 9.72. The molecule has 2 aromatic carbocycles. The number of hydrogen-bond donors (Lipinski definition) is 1. The van der Waals surface area contributed by atoms with Crippen LogP contribution in [0.3, 0.4) is 0 Å². The summed E-state index contributed by atoms with van der Waals surface area (Å²) in [5, 5.41) is 14.1. The number of aromatic nitrogens is 1. The summed E-state index contributed by atoms with van der Waals surface area (Å²) in [6, 6.07) is 12.7. The molecule has 174 valence electrons.